The molecule has 0 radical (unpaired) electrons. The van der Waals surface area contributed by atoms with E-state index in [2.05, 4.69) is 36.1 Å². The number of benzene rings is 1. The van der Waals surface area contributed by atoms with Gasteiger partial charge in [0.15, 0.2) is 0 Å². The van der Waals surface area contributed by atoms with Crippen LogP contribution in [-0.4, -0.2) is 29.0 Å². The summed E-state index contributed by atoms with van der Waals surface area (Å²) in [5.74, 6) is 0.706. The Morgan fingerprint density at radius 2 is 2.17 bits per heavy atom. The maximum Gasteiger partial charge on any atom is 0.229 e. The first-order chi connectivity index (χ1) is 11.5. The Bertz CT molecular complexity index is 750. The van der Waals surface area contributed by atoms with Crippen molar-refractivity contribution in [3.05, 3.63) is 46.2 Å². The Morgan fingerprint density at radius 3 is 2.92 bits per heavy atom. The molecule has 1 saturated heterocycles. The molecule has 5 nitrogen and oxygen atoms in total. The molecule has 6 heteroatoms. The molecule has 1 amide bonds. The van der Waals surface area contributed by atoms with Gasteiger partial charge in [-0.1, -0.05) is 6.07 Å². The summed E-state index contributed by atoms with van der Waals surface area (Å²) in [4.78, 5) is 23.6. The van der Waals surface area contributed by atoms with E-state index in [9.17, 15) is 4.79 Å². The van der Waals surface area contributed by atoms with E-state index in [4.69, 9.17) is 0 Å². The van der Waals surface area contributed by atoms with Crippen molar-refractivity contribution in [2.24, 2.45) is 5.92 Å². The van der Waals surface area contributed by atoms with E-state index in [1.807, 2.05) is 38.1 Å². The van der Waals surface area contributed by atoms with Crippen molar-refractivity contribution in [1.82, 2.24) is 9.97 Å². The molecule has 0 aliphatic carbocycles. The zero-order valence-corrected chi connectivity index (χ0v) is 15.5. The number of nitrogens with one attached hydrogen (secondary N) is 1. The van der Waals surface area contributed by atoms with Gasteiger partial charge in [-0.15, -0.1) is 0 Å². The van der Waals surface area contributed by atoms with E-state index in [1.54, 1.807) is 6.20 Å². The predicted molar refractivity (Wildman–Crippen MR) is 99.2 cm³/mol. The van der Waals surface area contributed by atoms with Gasteiger partial charge in [-0.05, 0) is 66.4 Å². The van der Waals surface area contributed by atoms with Crippen LogP contribution in [-0.2, 0) is 4.79 Å². The summed E-state index contributed by atoms with van der Waals surface area (Å²) in [6, 6.07) is 7.81. The lowest BCUT2D eigenvalue weighted by Gasteiger charge is -2.32. The molecule has 0 spiro atoms. The number of amides is 1. The maximum absolute atomic E-state index is 12.6. The molecule has 1 aliphatic rings. The van der Waals surface area contributed by atoms with Crippen LogP contribution in [0.2, 0.25) is 0 Å². The van der Waals surface area contributed by atoms with Gasteiger partial charge < -0.3 is 10.2 Å². The highest BCUT2D eigenvalue weighted by Gasteiger charge is 2.27. The van der Waals surface area contributed by atoms with Crippen LogP contribution < -0.4 is 10.2 Å². The van der Waals surface area contributed by atoms with Crippen LogP contribution in [0.4, 0.5) is 11.6 Å². The molecular weight excluding hydrogens is 368 g/mol. The topological polar surface area (TPSA) is 58.1 Å². The summed E-state index contributed by atoms with van der Waals surface area (Å²) < 4.78 is 0.908. The summed E-state index contributed by atoms with van der Waals surface area (Å²) in [6.07, 6.45) is 3.62. The van der Waals surface area contributed by atoms with Gasteiger partial charge >= 0.3 is 0 Å². The zero-order chi connectivity index (χ0) is 17.1. The molecule has 2 heterocycles. The number of piperidine rings is 1. The molecule has 126 valence electrons. The fourth-order valence-electron chi connectivity index (χ4n) is 2.92. The minimum atomic E-state index is -0.0592. The average molecular weight is 389 g/mol. The third kappa shape index (κ3) is 3.93. The highest BCUT2D eigenvalue weighted by atomic mass is 79.9. The fraction of sp³-hybridized carbons (Fsp3) is 0.389. The normalized spacial score (nSPS) is 17.6. The Hall–Kier alpha value is -1.95. The average Bonchev–Trinajstić information content (AvgIpc) is 2.57. The number of hydrogen-bond donors (Lipinski definition) is 1. The highest BCUT2D eigenvalue weighted by molar-refractivity contribution is 9.10. The van der Waals surface area contributed by atoms with Crippen LogP contribution in [0.25, 0.3) is 0 Å². The SMILES string of the molecule is Cc1ccc(NC(=O)[C@H]2CCCN(c3nccc(C)n3)C2)c(Br)c1. The largest absolute Gasteiger partial charge is 0.340 e. The van der Waals surface area contributed by atoms with Crippen molar-refractivity contribution in [2.75, 3.05) is 23.3 Å². The summed E-state index contributed by atoms with van der Waals surface area (Å²) in [5.41, 5.74) is 2.91. The standard InChI is InChI=1S/C18H21BrN4O/c1-12-5-6-16(15(19)10-12)22-17(24)14-4-3-9-23(11-14)18-20-8-7-13(2)21-18/h5-8,10,14H,3-4,9,11H2,1-2H3,(H,22,24)/t14-/m0/s1. The van der Waals surface area contributed by atoms with Crippen LogP contribution in [0.15, 0.2) is 34.9 Å². The predicted octanol–water partition coefficient (Wildman–Crippen LogP) is 3.71. The molecule has 1 aliphatic heterocycles. The number of aryl methyl sites for hydroxylation is 2. The summed E-state index contributed by atoms with van der Waals surface area (Å²) >= 11 is 3.51. The number of nitrogens with zero attached hydrogens (tertiary/aromatic N) is 3. The van der Waals surface area contributed by atoms with Crippen molar-refractivity contribution in [2.45, 2.75) is 26.7 Å². The van der Waals surface area contributed by atoms with Crippen LogP contribution in [0, 0.1) is 19.8 Å². The molecule has 0 unspecified atom stereocenters. The molecule has 0 saturated carbocycles. The van der Waals surface area contributed by atoms with E-state index in [-0.39, 0.29) is 11.8 Å². The van der Waals surface area contributed by atoms with Gasteiger partial charge in [0.1, 0.15) is 0 Å². The van der Waals surface area contributed by atoms with Crippen molar-refractivity contribution in [1.29, 1.82) is 0 Å². The molecule has 1 atom stereocenters. The van der Waals surface area contributed by atoms with E-state index in [1.165, 1.54) is 0 Å². The van der Waals surface area contributed by atoms with E-state index in [0.29, 0.717) is 12.5 Å². The number of carbonyl (C=O) groups is 1. The van der Waals surface area contributed by atoms with Gasteiger partial charge in [0.2, 0.25) is 11.9 Å². The monoisotopic (exact) mass is 388 g/mol. The number of halogens is 1. The quantitative estimate of drug-likeness (QED) is 0.870. The lowest BCUT2D eigenvalue weighted by atomic mass is 9.97. The lowest BCUT2D eigenvalue weighted by Crippen LogP contribution is -2.41. The van der Waals surface area contributed by atoms with Crippen LogP contribution >= 0.6 is 15.9 Å². The number of carbonyl (C=O) groups excluding carboxylic acids is 1. The maximum atomic E-state index is 12.6. The number of hydrogen-bond acceptors (Lipinski definition) is 4. The molecule has 3 rings (SSSR count). The second kappa shape index (κ2) is 7.30. The Balaban J connectivity index is 1.69. The third-order valence-corrected chi connectivity index (χ3v) is 4.90. The molecule has 2 aromatic rings. The second-order valence-corrected chi connectivity index (χ2v) is 7.11. The summed E-state index contributed by atoms with van der Waals surface area (Å²) in [5, 5.41) is 3.04. The minimum absolute atomic E-state index is 0.0527. The van der Waals surface area contributed by atoms with Crippen LogP contribution in [0.1, 0.15) is 24.1 Å². The van der Waals surface area contributed by atoms with E-state index < -0.39 is 0 Å². The summed E-state index contributed by atoms with van der Waals surface area (Å²) in [6.45, 7) is 5.52. The van der Waals surface area contributed by atoms with Gasteiger partial charge in [0.25, 0.3) is 0 Å². The third-order valence-electron chi connectivity index (χ3n) is 4.24. The molecule has 1 aromatic carbocycles. The Kier molecular flexibility index (Phi) is 5.14. The van der Waals surface area contributed by atoms with E-state index in [0.717, 1.165) is 40.8 Å². The van der Waals surface area contributed by atoms with Gasteiger partial charge in [-0.3, -0.25) is 4.79 Å². The number of aromatic nitrogens is 2. The molecular formula is C18H21BrN4O. The molecule has 1 aromatic heterocycles. The van der Waals surface area contributed by atoms with Gasteiger partial charge in [0.05, 0.1) is 11.6 Å². The van der Waals surface area contributed by atoms with Gasteiger partial charge in [-0.2, -0.15) is 0 Å². The number of anilines is 2. The first kappa shape index (κ1) is 16.9. The molecule has 0 bridgehead atoms. The van der Waals surface area contributed by atoms with E-state index >= 15 is 0 Å². The Morgan fingerprint density at radius 1 is 1.33 bits per heavy atom. The van der Waals surface area contributed by atoms with Crippen molar-refractivity contribution in [3.8, 4) is 0 Å². The first-order valence-electron chi connectivity index (χ1n) is 8.14. The fourth-order valence-corrected chi connectivity index (χ4v) is 3.51. The van der Waals surface area contributed by atoms with Crippen molar-refractivity contribution >= 4 is 33.5 Å². The van der Waals surface area contributed by atoms with Gasteiger partial charge in [-0.25, -0.2) is 9.97 Å². The zero-order valence-electron chi connectivity index (χ0n) is 13.9. The van der Waals surface area contributed by atoms with Crippen LogP contribution in [0.3, 0.4) is 0 Å². The molecule has 1 fully saturated rings. The summed E-state index contributed by atoms with van der Waals surface area (Å²) in [7, 11) is 0. The van der Waals surface area contributed by atoms with Crippen molar-refractivity contribution in [3.63, 3.8) is 0 Å². The molecule has 24 heavy (non-hydrogen) atoms. The smallest absolute Gasteiger partial charge is 0.229 e. The molecule has 1 N–H and O–H groups in total. The van der Waals surface area contributed by atoms with Gasteiger partial charge in [0, 0.05) is 29.5 Å². The Labute approximate surface area is 150 Å². The lowest BCUT2D eigenvalue weighted by molar-refractivity contribution is -0.120. The minimum Gasteiger partial charge on any atom is -0.340 e. The first-order valence-corrected chi connectivity index (χ1v) is 8.94. The van der Waals surface area contributed by atoms with Crippen molar-refractivity contribution < 1.29 is 4.79 Å². The number of rotatable bonds is 3. The highest BCUT2D eigenvalue weighted by Crippen LogP contribution is 2.26. The van der Waals surface area contributed by atoms with Crippen LogP contribution in [0.5, 0.6) is 0 Å². The second-order valence-electron chi connectivity index (χ2n) is 6.26.